The molecule has 1 amide bonds. The first-order valence-corrected chi connectivity index (χ1v) is 7.90. The molecule has 0 atom stereocenters. The van der Waals surface area contributed by atoms with Crippen molar-refractivity contribution in [3.05, 3.63) is 34.9 Å². The maximum Gasteiger partial charge on any atom is 0.434 e. The van der Waals surface area contributed by atoms with Crippen LogP contribution in [0.3, 0.4) is 0 Å². The smallest absolute Gasteiger partial charge is 0.434 e. The molecule has 0 aromatic heterocycles. The van der Waals surface area contributed by atoms with E-state index < -0.39 is 23.1 Å². The van der Waals surface area contributed by atoms with Gasteiger partial charge in [0.25, 0.3) is 0 Å². The Morgan fingerprint density at radius 2 is 1.75 bits per heavy atom. The Morgan fingerprint density at radius 3 is 2.25 bits per heavy atom. The molecule has 1 rings (SSSR count). The number of hydrogen-bond donors (Lipinski definition) is 1. The summed E-state index contributed by atoms with van der Waals surface area (Å²) in [6.45, 7) is 8.09. The van der Waals surface area contributed by atoms with Crippen LogP contribution in [0.25, 0.3) is 0 Å². The molecule has 1 aromatic carbocycles. The molecular weight excluding hydrogens is 334 g/mol. The zero-order valence-corrected chi connectivity index (χ0v) is 15.4. The van der Waals surface area contributed by atoms with E-state index in [1.165, 1.54) is 13.8 Å². The Morgan fingerprint density at radius 1 is 1.17 bits per heavy atom. The van der Waals surface area contributed by atoms with Crippen LogP contribution < -0.4 is 0 Å². The minimum atomic E-state index is -1.15. The summed E-state index contributed by atoms with van der Waals surface area (Å²) in [5, 5.41) is 10.7. The molecule has 134 valence electrons. The summed E-state index contributed by atoms with van der Waals surface area (Å²) in [4.78, 5) is 29.0. The number of hydrogen-bond acceptors (Lipinski definition) is 4. The van der Waals surface area contributed by atoms with Gasteiger partial charge in [0, 0.05) is 5.02 Å². The number of hydroxylamine groups is 2. The van der Waals surface area contributed by atoms with Crippen LogP contribution in [-0.2, 0) is 20.9 Å². The van der Waals surface area contributed by atoms with Crippen LogP contribution in [0.15, 0.2) is 24.3 Å². The maximum absolute atomic E-state index is 12.3. The fourth-order valence-corrected chi connectivity index (χ4v) is 1.75. The molecule has 0 aliphatic carbocycles. The van der Waals surface area contributed by atoms with Gasteiger partial charge in [-0.2, -0.15) is 5.06 Å². The quantitative estimate of drug-likeness (QED) is 0.775. The van der Waals surface area contributed by atoms with Crippen molar-refractivity contribution >= 4 is 23.7 Å². The molecule has 0 aliphatic rings. The lowest BCUT2D eigenvalue weighted by Crippen LogP contribution is -2.40. The minimum Gasteiger partial charge on any atom is -0.481 e. The molecular formula is C17H24ClNO5. The van der Waals surface area contributed by atoms with E-state index in [1.807, 2.05) is 0 Å². The molecule has 0 heterocycles. The van der Waals surface area contributed by atoms with Crippen LogP contribution in [0.5, 0.6) is 0 Å². The Kier molecular flexibility index (Phi) is 6.63. The molecule has 1 aromatic rings. The highest BCUT2D eigenvalue weighted by atomic mass is 35.5. The van der Waals surface area contributed by atoms with Crippen LogP contribution in [0.4, 0.5) is 4.79 Å². The summed E-state index contributed by atoms with van der Waals surface area (Å²) in [5.41, 5.74) is -1.19. The van der Waals surface area contributed by atoms with Crippen LogP contribution in [0.2, 0.25) is 5.02 Å². The van der Waals surface area contributed by atoms with Gasteiger partial charge < -0.3 is 9.84 Å². The summed E-state index contributed by atoms with van der Waals surface area (Å²) in [6, 6.07) is 7.02. The van der Waals surface area contributed by atoms with Crippen molar-refractivity contribution in [2.75, 3.05) is 6.61 Å². The molecule has 1 N–H and O–H groups in total. The Balaban J connectivity index is 2.93. The fraction of sp³-hybridized carbons (Fsp3) is 0.529. The topological polar surface area (TPSA) is 76.1 Å². The fourth-order valence-electron chi connectivity index (χ4n) is 1.56. The van der Waals surface area contributed by atoms with E-state index in [1.54, 1.807) is 45.0 Å². The maximum atomic E-state index is 12.3. The Bertz CT molecular complexity index is 595. The summed E-state index contributed by atoms with van der Waals surface area (Å²) in [5.74, 6) is -1.02. The van der Waals surface area contributed by atoms with Gasteiger partial charge in [-0.15, -0.1) is 0 Å². The van der Waals surface area contributed by atoms with Gasteiger partial charge >= 0.3 is 12.1 Å². The summed E-state index contributed by atoms with van der Waals surface area (Å²) >= 11 is 6.12. The van der Waals surface area contributed by atoms with Gasteiger partial charge in [-0.3, -0.25) is 9.63 Å². The predicted molar refractivity (Wildman–Crippen MR) is 90.6 cm³/mol. The number of aliphatic carboxylic acids is 1. The standard InChI is InChI=1S/C17H24ClNO5/c1-16(2,3)24-15(22)19(23-11-17(4,5)14(20)21)10-12-8-6-7-9-13(12)18/h6-9H,10-11H2,1-5H3,(H,20,21). The first kappa shape index (κ1) is 20.3. The third-order valence-electron chi connectivity index (χ3n) is 3.03. The monoisotopic (exact) mass is 357 g/mol. The molecule has 0 spiro atoms. The van der Waals surface area contributed by atoms with Crippen molar-refractivity contribution in [2.45, 2.75) is 46.8 Å². The second-order valence-electron chi connectivity index (χ2n) is 7.07. The van der Waals surface area contributed by atoms with Crippen molar-refractivity contribution in [3.63, 3.8) is 0 Å². The normalized spacial score (nSPS) is 11.9. The number of amides is 1. The van der Waals surface area contributed by atoms with E-state index in [2.05, 4.69) is 0 Å². The molecule has 0 fully saturated rings. The number of nitrogens with zero attached hydrogens (tertiary/aromatic N) is 1. The summed E-state index contributed by atoms with van der Waals surface area (Å²) in [7, 11) is 0. The summed E-state index contributed by atoms with van der Waals surface area (Å²) < 4.78 is 5.31. The number of carboxylic acid groups (broad SMARTS) is 1. The predicted octanol–water partition coefficient (Wildman–Crippen LogP) is 4.12. The van der Waals surface area contributed by atoms with Crippen molar-refractivity contribution in [3.8, 4) is 0 Å². The van der Waals surface area contributed by atoms with Crippen molar-refractivity contribution < 1.29 is 24.3 Å². The molecule has 24 heavy (non-hydrogen) atoms. The molecule has 0 radical (unpaired) electrons. The van der Waals surface area contributed by atoms with Gasteiger partial charge in [0.05, 0.1) is 18.6 Å². The number of carbonyl (C=O) groups excluding carboxylic acids is 1. The second-order valence-corrected chi connectivity index (χ2v) is 7.48. The largest absolute Gasteiger partial charge is 0.481 e. The van der Waals surface area contributed by atoms with E-state index in [-0.39, 0.29) is 13.2 Å². The number of carbonyl (C=O) groups is 2. The zero-order chi connectivity index (χ0) is 18.5. The van der Waals surface area contributed by atoms with E-state index >= 15 is 0 Å². The van der Waals surface area contributed by atoms with E-state index in [9.17, 15) is 14.7 Å². The van der Waals surface area contributed by atoms with Crippen LogP contribution >= 0.6 is 11.6 Å². The average molecular weight is 358 g/mol. The minimum absolute atomic E-state index is 0.0459. The molecule has 0 bridgehead atoms. The number of ether oxygens (including phenoxy) is 1. The molecule has 0 unspecified atom stereocenters. The van der Waals surface area contributed by atoms with Crippen LogP contribution in [0.1, 0.15) is 40.2 Å². The highest BCUT2D eigenvalue weighted by molar-refractivity contribution is 6.31. The van der Waals surface area contributed by atoms with Gasteiger partial charge in [0.2, 0.25) is 0 Å². The van der Waals surface area contributed by atoms with Gasteiger partial charge in [-0.1, -0.05) is 29.8 Å². The lowest BCUT2D eigenvalue weighted by atomic mass is 9.96. The second kappa shape index (κ2) is 7.85. The van der Waals surface area contributed by atoms with Crippen molar-refractivity contribution in [1.29, 1.82) is 0 Å². The third kappa shape index (κ3) is 6.37. The Labute approximate surface area is 147 Å². The summed E-state index contributed by atoms with van der Waals surface area (Å²) in [6.07, 6.45) is -0.705. The van der Waals surface area contributed by atoms with Crippen LogP contribution in [0, 0.1) is 5.41 Å². The molecule has 0 saturated carbocycles. The first-order chi connectivity index (χ1) is 10.9. The van der Waals surface area contributed by atoms with Gasteiger partial charge in [0.15, 0.2) is 0 Å². The van der Waals surface area contributed by atoms with E-state index in [0.29, 0.717) is 10.6 Å². The molecule has 0 saturated heterocycles. The highest BCUT2D eigenvalue weighted by Crippen LogP contribution is 2.22. The number of carboxylic acids is 1. The van der Waals surface area contributed by atoms with Gasteiger partial charge in [-0.05, 0) is 46.2 Å². The third-order valence-corrected chi connectivity index (χ3v) is 3.40. The van der Waals surface area contributed by atoms with Gasteiger partial charge in [0.1, 0.15) is 5.60 Å². The lowest BCUT2D eigenvalue weighted by Gasteiger charge is -2.29. The number of halogens is 1. The number of rotatable bonds is 6. The molecule has 6 nitrogen and oxygen atoms in total. The molecule has 0 aliphatic heterocycles. The van der Waals surface area contributed by atoms with Gasteiger partial charge in [-0.25, -0.2) is 4.79 Å². The van der Waals surface area contributed by atoms with Crippen molar-refractivity contribution in [1.82, 2.24) is 5.06 Å². The number of benzene rings is 1. The van der Waals surface area contributed by atoms with Crippen molar-refractivity contribution in [2.24, 2.45) is 5.41 Å². The zero-order valence-electron chi connectivity index (χ0n) is 14.6. The average Bonchev–Trinajstić information content (AvgIpc) is 2.43. The lowest BCUT2D eigenvalue weighted by molar-refractivity contribution is -0.184. The SMILES string of the molecule is CC(C)(C)OC(=O)N(Cc1ccccc1Cl)OCC(C)(C)C(=O)O. The first-order valence-electron chi connectivity index (χ1n) is 7.52. The van der Waals surface area contributed by atoms with E-state index in [0.717, 1.165) is 5.06 Å². The van der Waals surface area contributed by atoms with Crippen LogP contribution in [-0.4, -0.2) is 34.4 Å². The van der Waals surface area contributed by atoms with E-state index in [4.69, 9.17) is 21.2 Å². The Hall–Kier alpha value is -1.79. The highest BCUT2D eigenvalue weighted by Gasteiger charge is 2.31. The molecule has 7 heteroatoms.